The molecule has 0 bridgehead atoms. The SMILES string of the molecule is CCOC(=O)c1c2cccccc2n2c1nc1ccccc12. The monoisotopic (exact) mass is 290 g/mol. The van der Waals surface area contributed by atoms with Crippen LogP contribution in [0.25, 0.3) is 27.6 Å². The van der Waals surface area contributed by atoms with Gasteiger partial charge in [-0.3, -0.25) is 4.40 Å². The van der Waals surface area contributed by atoms with Crippen molar-refractivity contribution >= 4 is 33.6 Å². The summed E-state index contributed by atoms with van der Waals surface area (Å²) in [5, 5.41) is 0.858. The molecule has 0 radical (unpaired) electrons. The van der Waals surface area contributed by atoms with Crippen molar-refractivity contribution in [2.45, 2.75) is 6.92 Å². The second kappa shape index (κ2) is 4.84. The molecule has 0 N–H and O–H groups in total. The molecule has 0 unspecified atom stereocenters. The van der Waals surface area contributed by atoms with Crippen LogP contribution in [0.2, 0.25) is 0 Å². The highest BCUT2D eigenvalue weighted by molar-refractivity contribution is 6.12. The van der Waals surface area contributed by atoms with Crippen LogP contribution in [0.3, 0.4) is 0 Å². The summed E-state index contributed by atoms with van der Waals surface area (Å²) in [4.78, 5) is 17.1. The quantitative estimate of drug-likeness (QED) is 0.527. The second-order valence-electron chi connectivity index (χ2n) is 5.06. The number of aromatic nitrogens is 2. The van der Waals surface area contributed by atoms with E-state index in [0.29, 0.717) is 17.8 Å². The third-order valence-corrected chi connectivity index (χ3v) is 3.79. The van der Waals surface area contributed by atoms with Crippen LogP contribution in [0.1, 0.15) is 17.3 Å². The molecule has 22 heavy (non-hydrogen) atoms. The van der Waals surface area contributed by atoms with E-state index in [1.807, 2.05) is 65.9 Å². The van der Waals surface area contributed by atoms with Crippen LogP contribution < -0.4 is 0 Å². The van der Waals surface area contributed by atoms with E-state index in [0.717, 1.165) is 21.9 Å². The van der Waals surface area contributed by atoms with Gasteiger partial charge >= 0.3 is 5.97 Å². The summed E-state index contributed by atoms with van der Waals surface area (Å²) in [6, 6.07) is 17.6. The molecular formula is C18H14N2O2. The predicted molar refractivity (Wildman–Crippen MR) is 86.2 cm³/mol. The average Bonchev–Trinajstić information content (AvgIpc) is 2.92. The number of imidazole rings is 1. The molecule has 0 amide bonds. The first-order valence-electron chi connectivity index (χ1n) is 7.26. The van der Waals surface area contributed by atoms with E-state index in [1.54, 1.807) is 0 Å². The molecule has 0 atom stereocenters. The minimum absolute atomic E-state index is 0.330. The van der Waals surface area contributed by atoms with Gasteiger partial charge in [-0.15, -0.1) is 0 Å². The van der Waals surface area contributed by atoms with E-state index >= 15 is 0 Å². The molecule has 2 aromatic carbocycles. The maximum Gasteiger partial charge on any atom is 0.342 e. The van der Waals surface area contributed by atoms with Gasteiger partial charge in [0.15, 0.2) is 5.65 Å². The maximum absolute atomic E-state index is 12.4. The molecule has 0 aliphatic rings. The normalized spacial score (nSPS) is 11.3. The summed E-state index contributed by atoms with van der Waals surface area (Å²) in [5.74, 6) is -0.330. The van der Waals surface area contributed by atoms with Gasteiger partial charge in [-0.25, -0.2) is 9.78 Å². The number of hydrogen-bond acceptors (Lipinski definition) is 3. The lowest BCUT2D eigenvalue weighted by Gasteiger charge is -1.98. The number of rotatable bonds is 2. The first-order chi connectivity index (χ1) is 10.8. The maximum atomic E-state index is 12.4. The van der Waals surface area contributed by atoms with Gasteiger partial charge < -0.3 is 4.74 Å². The number of benzene rings is 1. The number of carbonyl (C=O) groups excluding carboxylic acids is 1. The molecular weight excluding hydrogens is 276 g/mol. The van der Waals surface area contributed by atoms with Crippen LogP contribution in [0, 0.1) is 0 Å². The lowest BCUT2D eigenvalue weighted by Crippen LogP contribution is -2.04. The molecule has 4 rings (SSSR count). The van der Waals surface area contributed by atoms with Crippen molar-refractivity contribution in [3.05, 3.63) is 60.2 Å². The summed E-state index contributed by atoms with van der Waals surface area (Å²) in [6.07, 6.45) is 0. The van der Waals surface area contributed by atoms with Gasteiger partial charge in [-0.05, 0) is 25.1 Å². The Balaban J connectivity index is 2.23. The van der Waals surface area contributed by atoms with Gasteiger partial charge in [-0.2, -0.15) is 0 Å². The van der Waals surface area contributed by atoms with Gasteiger partial charge in [-0.1, -0.05) is 36.4 Å². The predicted octanol–water partition coefficient (Wildman–Crippen LogP) is 3.82. The minimum atomic E-state index is -0.330. The molecule has 0 saturated carbocycles. The van der Waals surface area contributed by atoms with Gasteiger partial charge in [0.25, 0.3) is 0 Å². The number of esters is 1. The molecule has 4 heteroatoms. The Morgan fingerprint density at radius 3 is 2.64 bits per heavy atom. The summed E-state index contributed by atoms with van der Waals surface area (Å²) in [7, 11) is 0. The fourth-order valence-electron chi connectivity index (χ4n) is 2.91. The number of ether oxygens (including phenoxy) is 1. The van der Waals surface area contributed by atoms with Crippen LogP contribution in [-0.4, -0.2) is 22.0 Å². The van der Waals surface area contributed by atoms with Crippen molar-refractivity contribution in [2.75, 3.05) is 6.61 Å². The number of para-hydroxylation sites is 2. The largest absolute Gasteiger partial charge is 0.462 e. The molecule has 4 nitrogen and oxygen atoms in total. The van der Waals surface area contributed by atoms with Gasteiger partial charge in [0.2, 0.25) is 0 Å². The van der Waals surface area contributed by atoms with Crippen molar-refractivity contribution in [1.29, 1.82) is 0 Å². The van der Waals surface area contributed by atoms with E-state index in [4.69, 9.17) is 4.74 Å². The Bertz CT molecular complexity index is 1020. The summed E-state index contributed by atoms with van der Waals surface area (Å²) in [6.45, 7) is 2.15. The highest BCUT2D eigenvalue weighted by Crippen LogP contribution is 2.30. The van der Waals surface area contributed by atoms with Crippen LogP contribution in [0.5, 0.6) is 0 Å². The molecule has 2 heterocycles. The Morgan fingerprint density at radius 1 is 1.05 bits per heavy atom. The number of hydrogen-bond donors (Lipinski definition) is 0. The lowest BCUT2D eigenvalue weighted by molar-refractivity contribution is 0.0530. The van der Waals surface area contributed by atoms with Crippen LogP contribution in [0.4, 0.5) is 0 Å². The lowest BCUT2D eigenvalue weighted by atomic mass is 10.2. The fourth-order valence-corrected chi connectivity index (χ4v) is 2.91. The van der Waals surface area contributed by atoms with E-state index in [9.17, 15) is 4.79 Å². The third-order valence-electron chi connectivity index (χ3n) is 3.79. The van der Waals surface area contributed by atoms with Crippen molar-refractivity contribution in [3.63, 3.8) is 0 Å². The Kier molecular flexibility index (Phi) is 2.82. The fraction of sp³-hybridized carbons (Fsp3) is 0.111. The van der Waals surface area contributed by atoms with Crippen molar-refractivity contribution < 1.29 is 9.53 Å². The third kappa shape index (κ3) is 1.70. The second-order valence-corrected chi connectivity index (χ2v) is 5.06. The first-order valence-corrected chi connectivity index (χ1v) is 7.26. The highest BCUT2D eigenvalue weighted by atomic mass is 16.5. The van der Waals surface area contributed by atoms with E-state index < -0.39 is 0 Å². The standard InChI is InChI=1S/C18H14N2O2/c1-2-22-18(21)16-12-8-4-3-5-10-14(12)20-15-11-7-6-9-13(15)19-17(16)20/h3-11H,2H2,1H3. The van der Waals surface area contributed by atoms with Crippen LogP contribution in [0.15, 0.2) is 54.6 Å². The van der Waals surface area contributed by atoms with Gasteiger partial charge in [0.05, 0.1) is 23.2 Å². The summed E-state index contributed by atoms with van der Waals surface area (Å²) in [5.41, 5.74) is 4.00. The van der Waals surface area contributed by atoms with Crippen LogP contribution >= 0.6 is 0 Å². The van der Waals surface area contributed by atoms with Gasteiger partial charge in [0.1, 0.15) is 5.56 Å². The van der Waals surface area contributed by atoms with Crippen molar-refractivity contribution in [1.82, 2.24) is 9.38 Å². The molecule has 0 saturated heterocycles. The number of carbonyl (C=O) groups is 1. The van der Waals surface area contributed by atoms with E-state index in [1.165, 1.54) is 0 Å². The zero-order valence-electron chi connectivity index (χ0n) is 12.1. The molecule has 0 fully saturated rings. The molecule has 0 aliphatic carbocycles. The smallest absolute Gasteiger partial charge is 0.342 e. The zero-order valence-corrected chi connectivity index (χ0v) is 12.1. The topological polar surface area (TPSA) is 43.6 Å². The van der Waals surface area contributed by atoms with Gasteiger partial charge in [0, 0.05) is 5.39 Å². The molecule has 2 aromatic heterocycles. The highest BCUT2D eigenvalue weighted by Gasteiger charge is 2.22. The molecule has 0 aliphatic heterocycles. The molecule has 4 aromatic rings. The Hall–Kier alpha value is -2.88. The van der Waals surface area contributed by atoms with Crippen molar-refractivity contribution in [2.24, 2.45) is 0 Å². The summed E-state index contributed by atoms with van der Waals surface area (Å²) < 4.78 is 7.26. The van der Waals surface area contributed by atoms with E-state index in [2.05, 4.69) is 4.98 Å². The first kappa shape index (κ1) is 12.8. The van der Waals surface area contributed by atoms with Crippen molar-refractivity contribution in [3.8, 4) is 0 Å². The Labute approximate surface area is 127 Å². The molecule has 0 spiro atoms. The van der Waals surface area contributed by atoms with E-state index in [-0.39, 0.29) is 5.97 Å². The summed E-state index contributed by atoms with van der Waals surface area (Å²) >= 11 is 0. The zero-order chi connectivity index (χ0) is 15.1. The number of nitrogens with zero attached hydrogens (tertiary/aromatic N) is 2. The van der Waals surface area contributed by atoms with Crippen LogP contribution in [-0.2, 0) is 4.74 Å². The molecule has 108 valence electrons. The minimum Gasteiger partial charge on any atom is -0.462 e. The Morgan fingerprint density at radius 2 is 1.77 bits per heavy atom. The number of fused-ring (bicyclic) bond motifs is 5. The average molecular weight is 290 g/mol.